The Kier molecular flexibility index (Phi) is 6.02. The Morgan fingerprint density at radius 3 is 2.47 bits per heavy atom. The van der Waals surface area contributed by atoms with Gasteiger partial charge in [-0.05, 0) is 31.0 Å². The van der Waals surface area contributed by atoms with Crippen molar-refractivity contribution in [1.29, 1.82) is 0 Å². The Morgan fingerprint density at radius 2 is 1.75 bits per heavy atom. The summed E-state index contributed by atoms with van der Waals surface area (Å²) >= 11 is 0. The molecule has 0 spiro atoms. The predicted molar refractivity (Wildman–Crippen MR) is 123 cm³/mol. The number of fused-ring (bicyclic) bond motifs is 1. The summed E-state index contributed by atoms with van der Waals surface area (Å²) in [6.07, 6.45) is 2.37. The molecule has 2 aromatic carbocycles. The minimum atomic E-state index is -0.497. The molecule has 8 nitrogen and oxygen atoms in total. The van der Waals surface area contributed by atoms with E-state index in [2.05, 4.69) is 15.3 Å². The van der Waals surface area contributed by atoms with E-state index in [9.17, 15) is 14.4 Å². The number of hydrogen-bond acceptors (Lipinski definition) is 4. The molecule has 0 bridgehead atoms. The lowest BCUT2D eigenvalue weighted by Gasteiger charge is -2.17. The highest BCUT2D eigenvalue weighted by Crippen LogP contribution is 2.20. The van der Waals surface area contributed by atoms with Gasteiger partial charge in [0.05, 0.1) is 28.8 Å². The molecular weight excluding hydrogens is 406 g/mol. The Hall–Kier alpha value is -3.94. The van der Waals surface area contributed by atoms with Crippen molar-refractivity contribution in [3.05, 3.63) is 87.5 Å². The zero-order valence-corrected chi connectivity index (χ0v) is 18.0. The molecule has 164 valence electrons. The maximum atomic E-state index is 12.9. The number of carbonyl (C=O) groups is 1. The summed E-state index contributed by atoms with van der Waals surface area (Å²) in [5, 5.41) is 3.37. The molecule has 0 aliphatic rings. The molecule has 0 saturated heterocycles. The summed E-state index contributed by atoms with van der Waals surface area (Å²) in [7, 11) is 0. The van der Waals surface area contributed by atoms with Crippen molar-refractivity contribution in [2.75, 3.05) is 0 Å². The van der Waals surface area contributed by atoms with Crippen LogP contribution < -0.4 is 16.6 Å². The van der Waals surface area contributed by atoms with E-state index in [-0.39, 0.29) is 30.6 Å². The lowest BCUT2D eigenvalue weighted by atomic mass is 10.2. The van der Waals surface area contributed by atoms with E-state index >= 15 is 0 Å². The molecule has 2 heterocycles. The van der Waals surface area contributed by atoms with Crippen molar-refractivity contribution < 1.29 is 4.79 Å². The van der Waals surface area contributed by atoms with Crippen molar-refractivity contribution >= 4 is 16.8 Å². The van der Waals surface area contributed by atoms with Crippen LogP contribution in [0.4, 0.5) is 0 Å². The number of para-hydroxylation sites is 1. The number of carbonyl (C=O) groups excluding carboxylic acids is 1. The Bertz CT molecular complexity index is 1370. The largest absolute Gasteiger partial charge is 0.345 e. The van der Waals surface area contributed by atoms with Gasteiger partial charge in [0.15, 0.2) is 0 Å². The van der Waals surface area contributed by atoms with Crippen molar-refractivity contribution in [2.45, 2.75) is 39.4 Å². The van der Waals surface area contributed by atoms with Crippen LogP contribution in [0.15, 0.2) is 70.4 Å². The number of rotatable bonds is 7. The van der Waals surface area contributed by atoms with Gasteiger partial charge in [-0.3, -0.25) is 18.7 Å². The molecule has 0 radical (unpaired) electrons. The van der Waals surface area contributed by atoms with Crippen LogP contribution in [-0.4, -0.2) is 25.0 Å². The molecule has 4 rings (SSSR count). The van der Waals surface area contributed by atoms with Crippen molar-refractivity contribution in [2.24, 2.45) is 0 Å². The summed E-state index contributed by atoms with van der Waals surface area (Å²) in [5.74, 6) is 0.318. The zero-order chi connectivity index (χ0) is 22.7. The first-order valence-electron chi connectivity index (χ1n) is 10.7. The monoisotopic (exact) mass is 431 g/mol. The van der Waals surface area contributed by atoms with Crippen molar-refractivity contribution in [3.63, 3.8) is 0 Å². The molecule has 1 amide bonds. The molecule has 0 aliphatic heterocycles. The number of imidazole rings is 1. The summed E-state index contributed by atoms with van der Waals surface area (Å²) in [5.41, 5.74) is 1.47. The lowest BCUT2D eigenvalue weighted by molar-refractivity contribution is -0.122. The minimum Gasteiger partial charge on any atom is -0.345 e. The number of H-pyrrole nitrogens is 1. The van der Waals surface area contributed by atoms with Gasteiger partial charge in [-0.1, -0.05) is 49.4 Å². The summed E-state index contributed by atoms with van der Waals surface area (Å²) < 4.78 is 2.49. The standard InChI is InChI=1S/C24H25N5O3/c1-3-18(22-25-14-19(27-22)16-10-6-5-7-11-16)26-21(30)15-29-20-13-9-8-12-17(20)23(31)28(4-2)24(29)32/h5-14,18H,3-4,15H2,1-2H3,(H,25,27)(H,26,30). The number of benzene rings is 2. The van der Waals surface area contributed by atoms with Crippen LogP contribution in [0.1, 0.15) is 32.1 Å². The van der Waals surface area contributed by atoms with Gasteiger partial charge in [0.2, 0.25) is 5.91 Å². The minimum absolute atomic E-state index is 0.192. The zero-order valence-electron chi connectivity index (χ0n) is 18.0. The maximum absolute atomic E-state index is 12.9. The number of amides is 1. The molecule has 1 unspecified atom stereocenters. The van der Waals surface area contributed by atoms with E-state index in [1.807, 2.05) is 37.3 Å². The van der Waals surface area contributed by atoms with E-state index in [0.717, 1.165) is 15.8 Å². The molecule has 0 fully saturated rings. The van der Waals surface area contributed by atoms with E-state index in [4.69, 9.17) is 0 Å². The van der Waals surface area contributed by atoms with Gasteiger partial charge >= 0.3 is 5.69 Å². The highest BCUT2D eigenvalue weighted by Gasteiger charge is 2.19. The third kappa shape index (κ3) is 3.99. The number of hydrogen-bond donors (Lipinski definition) is 2. The fourth-order valence-electron chi connectivity index (χ4n) is 3.83. The first-order valence-corrected chi connectivity index (χ1v) is 10.7. The average molecular weight is 431 g/mol. The first kappa shape index (κ1) is 21.3. The molecule has 2 N–H and O–H groups in total. The topological polar surface area (TPSA) is 102 Å². The number of aromatic amines is 1. The van der Waals surface area contributed by atoms with Crippen LogP contribution in [-0.2, 0) is 17.9 Å². The average Bonchev–Trinajstić information content (AvgIpc) is 3.31. The van der Waals surface area contributed by atoms with Crippen molar-refractivity contribution in [1.82, 2.24) is 24.4 Å². The van der Waals surface area contributed by atoms with Gasteiger partial charge in [-0.2, -0.15) is 0 Å². The maximum Gasteiger partial charge on any atom is 0.331 e. The fraction of sp³-hybridized carbons (Fsp3) is 0.250. The molecule has 4 aromatic rings. The summed E-state index contributed by atoms with van der Waals surface area (Å²) in [4.78, 5) is 46.1. The van der Waals surface area contributed by atoms with Gasteiger partial charge in [-0.15, -0.1) is 0 Å². The van der Waals surface area contributed by atoms with Crippen LogP contribution in [0.3, 0.4) is 0 Å². The molecule has 2 aromatic heterocycles. The summed E-state index contributed by atoms with van der Waals surface area (Å²) in [6.45, 7) is 3.73. The number of aromatic nitrogens is 4. The first-order chi connectivity index (χ1) is 15.5. The highest BCUT2D eigenvalue weighted by molar-refractivity contribution is 5.81. The van der Waals surface area contributed by atoms with E-state index in [1.165, 1.54) is 4.57 Å². The Labute approximate surface area is 184 Å². The smallest absolute Gasteiger partial charge is 0.331 e. The third-order valence-corrected chi connectivity index (χ3v) is 5.50. The fourth-order valence-corrected chi connectivity index (χ4v) is 3.83. The van der Waals surface area contributed by atoms with Gasteiger partial charge in [0, 0.05) is 6.54 Å². The van der Waals surface area contributed by atoms with E-state index in [0.29, 0.717) is 23.1 Å². The predicted octanol–water partition coefficient (Wildman–Crippen LogP) is 2.84. The Balaban J connectivity index is 1.60. The molecule has 1 atom stereocenters. The van der Waals surface area contributed by atoms with Crippen LogP contribution in [0.2, 0.25) is 0 Å². The van der Waals surface area contributed by atoms with Crippen LogP contribution in [0.25, 0.3) is 22.2 Å². The van der Waals surface area contributed by atoms with Crippen molar-refractivity contribution in [3.8, 4) is 11.3 Å². The van der Waals surface area contributed by atoms with Gasteiger partial charge in [0.25, 0.3) is 5.56 Å². The highest BCUT2D eigenvalue weighted by atomic mass is 16.2. The normalized spacial score (nSPS) is 12.1. The van der Waals surface area contributed by atoms with Crippen LogP contribution in [0.5, 0.6) is 0 Å². The van der Waals surface area contributed by atoms with Gasteiger partial charge in [0.1, 0.15) is 12.4 Å². The molecular formula is C24H25N5O3. The van der Waals surface area contributed by atoms with Crippen LogP contribution in [0, 0.1) is 0 Å². The second kappa shape index (κ2) is 9.05. The van der Waals surface area contributed by atoms with E-state index < -0.39 is 5.69 Å². The third-order valence-electron chi connectivity index (χ3n) is 5.50. The quantitative estimate of drug-likeness (QED) is 0.470. The molecule has 32 heavy (non-hydrogen) atoms. The molecule has 0 saturated carbocycles. The number of nitrogens with zero attached hydrogens (tertiary/aromatic N) is 3. The SMILES string of the molecule is CCC(NC(=O)Cn1c(=O)n(CC)c(=O)c2ccccc21)c1ncc(-c2ccccc2)[nH]1. The van der Waals surface area contributed by atoms with Crippen LogP contribution >= 0.6 is 0 Å². The second-order valence-corrected chi connectivity index (χ2v) is 7.51. The molecule has 8 heteroatoms. The lowest BCUT2D eigenvalue weighted by Crippen LogP contribution is -2.42. The Morgan fingerprint density at radius 1 is 1.03 bits per heavy atom. The second-order valence-electron chi connectivity index (χ2n) is 7.51. The van der Waals surface area contributed by atoms with Gasteiger partial charge in [-0.25, -0.2) is 9.78 Å². The molecule has 0 aliphatic carbocycles. The van der Waals surface area contributed by atoms with Gasteiger partial charge < -0.3 is 10.3 Å². The van der Waals surface area contributed by atoms with E-state index in [1.54, 1.807) is 37.4 Å². The number of nitrogens with one attached hydrogen (secondary N) is 2. The summed E-state index contributed by atoms with van der Waals surface area (Å²) in [6, 6.07) is 16.3.